The van der Waals surface area contributed by atoms with Crippen molar-refractivity contribution in [1.82, 2.24) is 5.32 Å². The molecule has 0 spiro atoms. The molecule has 0 fully saturated rings. The zero-order valence-electron chi connectivity index (χ0n) is 19.2. The van der Waals surface area contributed by atoms with E-state index in [1.807, 2.05) is 30.3 Å². The van der Waals surface area contributed by atoms with Crippen LogP contribution in [-0.4, -0.2) is 30.9 Å². The number of ether oxygens (including phenoxy) is 3. The molecule has 0 aliphatic carbocycles. The van der Waals surface area contributed by atoms with Gasteiger partial charge in [0.25, 0.3) is 0 Å². The average molecular weight is 496 g/mol. The van der Waals surface area contributed by atoms with E-state index >= 15 is 0 Å². The summed E-state index contributed by atoms with van der Waals surface area (Å²) >= 11 is 5.98. The van der Waals surface area contributed by atoms with E-state index in [1.165, 1.54) is 6.92 Å². The summed E-state index contributed by atoms with van der Waals surface area (Å²) in [5, 5.41) is 3.13. The summed E-state index contributed by atoms with van der Waals surface area (Å²) in [4.78, 5) is 37.1. The Kier molecular flexibility index (Phi) is 9.69. The summed E-state index contributed by atoms with van der Waals surface area (Å²) in [6.07, 6.45) is -1.60. The molecule has 0 radical (unpaired) electrons. The summed E-state index contributed by atoms with van der Waals surface area (Å²) in [6, 6.07) is 24.6. The Balaban J connectivity index is 1.51. The first-order valence-corrected chi connectivity index (χ1v) is 11.5. The maximum Gasteiger partial charge on any atom is 0.410 e. The van der Waals surface area contributed by atoms with E-state index in [0.29, 0.717) is 16.1 Å². The smallest absolute Gasteiger partial charge is 0.410 e. The summed E-state index contributed by atoms with van der Waals surface area (Å²) < 4.78 is 15.7. The summed E-state index contributed by atoms with van der Waals surface area (Å²) in [7, 11) is 0. The Morgan fingerprint density at radius 3 is 2.14 bits per heavy atom. The largest absolute Gasteiger partial charge is 0.460 e. The molecule has 2 atom stereocenters. The van der Waals surface area contributed by atoms with Gasteiger partial charge in [-0.15, -0.1) is 0 Å². The first kappa shape index (κ1) is 25.8. The Morgan fingerprint density at radius 2 is 1.49 bits per heavy atom. The van der Waals surface area contributed by atoms with Crippen molar-refractivity contribution < 1.29 is 28.6 Å². The van der Waals surface area contributed by atoms with Crippen molar-refractivity contribution in [3.63, 3.8) is 0 Å². The molecule has 0 heterocycles. The van der Waals surface area contributed by atoms with Crippen LogP contribution in [0.25, 0.3) is 0 Å². The SMILES string of the molecule is CC(OC(=O)NCCC(C(=O)OCc1ccccc1)c1ccc(Cl)cc1)OC(=O)c1ccccc1. The van der Waals surface area contributed by atoms with Crippen molar-refractivity contribution in [3.05, 3.63) is 107 Å². The second-order valence-electron chi connectivity index (χ2n) is 7.66. The maximum absolute atomic E-state index is 12.9. The molecule has 0 aliphatic rings. The molecule has 3 aromatic rings. The second-order valence-corrected chi connectivity index (χ2v) is 8.09. The summed E-state index contributed by atoms with van der Waals surface area (Å²) in [5.41, 5.74) is 1.94. The van der Waals surface area contributed by atoms with Gasteiger partial charge in [0.1, 0.15) is 6.61 Å². The molecule has 182 valence electrons. The lowest BCUT2D eigenvalue weighted by Gasteiger charge is -2.18. The van der Waals surface area contributed by atoms with Gasteiger partial charge in [0.05, 0.1) is 11.5 Å². The molecule has 8 heteroatoms. The molecule has 0 aliphatic heterocycles. The van der Waals surface area contributed by atoms with Gasteiger partial charge in [-0.25, -0.2) is 9.59 Å². The molecule has 0 saturated heterocycles. The third-order valence-electron chi connectivity index (χ3n) is 5.04. The number of alkyl carbamates (subject to hydrolysis) is 1. The molecular formula is C27H26ClNO6. The fourth-order valence-corrected chi connectivity index (χ4v) is 3.40. The predicted molar refractivity (Wildman–Crippen MR) is 131 cm³/mol. The number of rotatable bonds is 10. The van der Waals surface area contributed by atoms with E-state index in [0.717, 1.165) is 5.56 Å². The molecule has 0 bridgehead atoms. The topological polar surface area (TPSA) is 90.9 Å². The van der Waals surface area contributed by atoms with Crippen LogP contribution in [0, 0.1) is 0 Å². The number of carbonyl (C=O) groups excluding carboxylic acids is 3. The number of hydrogen-bond donors (Lipinski definition) is 1. The van der Waals surface area contributed by atoms with E-state index in [-0.39, 0.29) is 19.6 Å². The lowest BCUT2D eigenvalue weighted by molar-refractivity contribution is -0.147. The van der Waals surface area contributed by atoms with Crippen LogP contribution >= 0.6 is 11.6 Å². The average Bonchev–Trinajstić information content (AvgIpc) is 2.87. The first-order valence-electron chi connectivity index (χ1n) is 11.1. The molecule has 1 N–H and O–H groups in total. The Hall–Kier alpha value is -3.84. The number of hydrogen-bond acceptors (Lipinski definition) is 6. The number of amides is 1. The van der Waals surface area contributed by atoms with Crippen molar-refractivity contribution in [2.75, 3.05) is 6.54 Å². The molecule has 2 unspecified atom stereocenters. The Bertz CT molecular complexity index is 1110. The summed E-state index contributed by atoms with van der Waals surface area (Å²) in [5.74, 6) is -1.64. The lowest BCUT2D eigenvalue weighted by Crippen LogP contribution is -2.32. The minimum absolute atomic E-state index is 0.131. The standard InChI is InChI=1S/C27H26ClNO6/c1-19(34-25(30)22-10-6-3-7-11-22)35-27(32)29-17-16-24(21-12-14-23(28)15-13-21)26(31)33-18-20-8-4-2-5-9-20/h2-15,19,24H,16-18H2,1H3,(H,29,32). The minimum atomic E-state index is -1.09. The van der Waals surface area contributed by atoms with Crippen molar-refractivity contribution in [1.29, 1.82) is 0 Å². The van der Waals surface area contributed by atoms with Crippen molar-refractivity contribution in [3.8, 4) is 0 Å². The number of halogens is 1. The van der Waals surface area contributed by atoms with Crippen LogP contribution in [0.4, 0.5) is 4.79 Å². The van der Waals surface area contributed by atoms with Gasteiger partial charge in [-0.3, -0.25) is 4.79 Å². The second kappa shape index (κ2) is 13.2. The van der Waals surface area contributed by atoms with E-state index in [4.69, 9.17) is 25.8 Å². The van der Waals surface area contributed by atoms with Crippen LogP contribution in [0.15, 0.2) is 84.9 Å². The van der Waals surface area contributed by atoms with Crippen molar-refractivity contribution >= 4 is 29.6 Å². The fraction of sp³-hybridized carbons (Fsp3) is 0.222. The van der Waals surface area contributed by atoms with Gasteiger partial charge in [0.15, 0.2) is 0 Å². The van der Waals surface area contributed by atoms with E-state index in [9.17, 15) is 14.4 Å². The lowest BCUT2D eigenvalue weighted by atomic mass is 9.96. The van der Waals surface area contributed by atoms with Crippen molar-refractivity contribution in [2.24, 2.45) is 0 Å². The third-order valence-corrected chi connectivity index (χ3v) is 5.29. The zero-order chi connectivity index (χ0) is 25.0. The Labute approximate surface area is 209 Å². The number of nitrogens with one attached hydrogen (secondary N) is 1. The number of esters is 2. The quantitative estimate of drug-likeness (QED) is 0.295. The van der Waals surface area contributed by atoms with Crippen LogP contribution in [-0.2, 0) is 25.6 Å². The van der Waals surface area contributed by atoms with Gasteiger partial charge in [0.2, 0.25) is 6.29 Å². The molecule has 3 rings (SSSR count). The van der Waals surface area contributed by atoms with E-state index in [2.05, 4.69) is 5.32 Å². The maximum atomic E-state index is 12.9. The number of carbonyl (C=O) groups is 3. The zero-order valence-corrected chi connectivity index (χ0v) is 19.9. The van der Waals surface area contributed by atoms with Gasteiger partial charge in [-0.2, -0.15) is 0 Å². The number of benzene rings is 3. The molecule has 0 aromatic heterocycles. The minimum Gasteiger partial charge on any atom is -0.460 e. The molecule has 1 amide bonds. The van der Waals surface area contributed by atoms with Gasteiger partial charge in [-0.05, 0) is 41.8 Å². The van der Waals surface area contributed by atoms with Crippen LogP contribution in [0.3, 0.4) is 0 Å². The van der Waals surface area contributed by atoms with Crippen LogP contribution in [0.2, 0.25) is 5.02 Å². The highest BCUT2D eigenvalue weighted by molar-refractivity contribution is 6.30. The highest BCUT2D eigenvalue weighted by Crippen LogP contribution is 2.23. The van der Waals surface area contributed by atoms with Crippen LogP contribution in [0.5, 0.6) is 0 Å². The van der Waals surface area contributed by atoms with E-state index < -0.39 is 30.2 Å². The summed E-state index contributed by atoms with van der Waals surface area (Å²) in [6.45, 7) is 1.72. The molecule has 7 nitrogen and oxygen atoms in total. The van der Waals surface area contributed by atoms with Gasteiger partial charge in [0, 0.05) is 18.5 Å². The highest BCUT2D eigenvalue weighted by atomic mass is 35.5. The molecular weight excluding hydrogens is 470 g/mol. The Morgan fingerprint density at radius 1 is 0.857 bits per heavy atom. The molecule has 35 heavy (non-hydrogen) atoms. The normalized spacial score (nSPS) is 12.2. The van der Waals surface area contributed by atoms with Gasteiger partial charge >= 0.3 is 18.0 Å². The van der Waals surface area contributed by atoms with Crippen LogP contribution < -0.4 is 5.32 Å². The fourth-order valence-electron chi connectivity index (χ4n) is 3.27. The molecule has 0 saturated carbocycles. The highest BCUT2D eigenvalue weighted by Gasteiger charge is 2.23. The molecule has 3 aromatic carbocycles. The van der Waals surface area contributed by atoms with Gasteiger partial charge < -0.3 is 19.5 Å². The third kappa shape index (κ3) is 8.46. The predicted octanol–water partition coefficient (Wildman–Crippen LogP) is 5.49. The van der Waals surface area contributed by atoms with Gasteiger partial charge in [-0.1, -0.05) is 72.3 Å². The van der Waals surface area contributed by atoms with Crippen molar-refractivity contribution in [2.45, 2.75) is 32.2 Å². The first-order chi connectivity index (χ1) is 16.9. The van der Waals surface area contributed by atoms with Crippen LogP contribution in [0.1, 0.15) is 40.7 Å². The van der Waals surface area contributed by atoms with E-state index in [1.54, 1.807) is 54.6 Å². The monoisotopic (exact) mass is 495 g/mol.